The molecule has 0 aliphatic carbocycles. The van der Waals surface area contributed by atoms with E-state index < -0.39 is 17.9 Å². The molecule has 0 saturated heterocycles. The van der Waals surface area contributed by atoms with E-state index in [2.05, 4.69) is 0 Å². The summed E-state index contributed by atoms with van der Waals surface area (Å²) in [4.78, 5) is 36.4. The maximum atomic E-state index is 10.2. The SMILES string of the molecule is O=C(O)C1=CC[Se]C=C1.O=C(O)C1=CC[Se]C=C1.O=C([O-])C1=CC[Se]C=C1.[Li+].[Mn]. The molecule has 3 aliphatic rings. The van der Waals surface area contributed by atoms with Gasteiger partial charge in [-0.2, -0.15) is 0 Å². The Labute approximate surface area is 210 Å². The van der Waals surface area contributed by atoms with E-state index in [1.54, 1.807) is 36.5 Å². The molecule has 0 atom stereocenters. The van der Waals surface area contributed by atoms with Crippen molar-refractivity contribution in [3.8, 4) is 0 Å². The quantitative estimate of drug-likeness (QED) is 0.338. The number of hydrogen-bond donors (Lipinski definition) is 2. The van der Waals surface area contributed by atoms with Crippen LogP contribution in [0.15, 0.2) is 68.1 Å². The molecule has 1 radical (unpaired) electrons. The molecule has 29 heavy (non-hydrogen) atoms. The Kier molecular flexibility index (Phi) is 19.4. The minimum Gasteiger partial charge on any atom is 0 e. The maximum absolute atomic E-state index is 10.2. The summed E-state index contributed by atoms with van der Waals surface area (Å²) in [5, 5.41) is 29.7. The number of allylic oxidation sites excluding steroid dienone is 3. The van der Waals surface area contributed by atoms with Crippen molar-refractivity contribution >= 4 is 62.8 Å². The minimum absolute atomic E-state index is 0. The van der Waals surface area contributed by atoms with Crippen LogP contribution in [0.1, 0.15) is 0 Å². The van der Waals surface area contributed by atoms with Crippen LogP contribution in [0, 0.1) is 0 Å². The van der Waals surface area contributed by atoms with Gasteiger partial charge in [0.2, 0.25) is 0 Å². The molecule has 0 spiro atoms. The third kappa shape index (κ3) is 14.2. The first-order valence-corrected chi connectivity index (χ1v) is 14.1. The molecular formula is C18H17LiMnO6Se3. The van der Waals surface area contributed by atoms with Gasteiger partial charge in [0.05, 0.1) is 0 Å². The van der Waals surface area contributed by atoms with E-state index in [-0.39, 0.29) is 35.9 Å². The van der Waals surface area contributed by atoms with Crippen LogP contribution in [0.5, 0.6) is 0 Å². The average molecular weight is 628 g/mol. The number of rotatable bonds is 3. The number of carbonyl (C=O) groups excluding carboxylic acids is 1. The molecule has 3 heterocycles. The van der Waals surface area contributed by atoms with E-state index in [0.717, 1.165) is 16.0 Å². The summed E-state index contributed by atoms with van der Waals surface area (Å²) >= 11 is 1.47. The van der Waals surface area contributed by atoms with Gasteiger partial charge < -0.3 is 0 Å². The van der Waals surface area contributed by atoms with Crippen LogP contribution in [0.3, 0.4) is 0 Å². The van der Waals surface area contributed by atoms with Crippen molar-refractivity contribution in [3.63, 3.8) is 0 Å². The Morgan fingerprint density at radius 3 is 1.17 bits per heavy atom. The van der Waals surface area contributed by atoms with Gasteiger partial charge in [0, 0.05) is 17.1 Å². The Morgan fingerprint density at radius 2 is 1.03 bits per heavy atom. The number of carboxylic acids is 3. The first kappa shape index (κ1) is 30.7. The molecule has 151 valence electrons. The molecule has 11 heteroatoms. The van der Waals surface area contributed by atoms with E-state index >= 15 is 0 Å². The fourth-order valence-electron chi connectivity index (χ4n) is 1.62. The standard InChI is InChI=1S/3C6H6O2Se.Li.Mn/c3*7-6(8)5-1-3-9-4-2-5;;/h3*1-3H,4H2,(H,7,8);;/q;;;+1;/p-1. The second-order valence-electron chi connectivity index (χ2n) is 4.78. The van der Waals surface area contributed by atoms with Gasteiger partial charge in [0.15, 0.2) is 0 Å². The molecule has 0 amide bonds. The smallest absolute Gasteiger partial charge is 0 e. The van der Waals surface area contributed by atoms with Crippen LogP contribution in [-0.2, 0) is 31.5 Å². The van der Waals surface area contributed by atoms with Gasteiger partial charge in [-0.25, -0.2) is 0 Å². The van der Waals surface area contributed by atoms with Crippen molar-refractivity contribution < 1.29 is 65.6 Å². The van der Waals surface area contributed by atoms with Crippen LogP contribution < -0.4 is 24.0 Å². The van der Waals surface area contributed by atoms with E-state index in [0.29, 0.717) is 61.6 Å². The molecule has 3 aliphatic heterocycles. The van der Waals surface area contributed by atoms with Gasteiger partial charge in [0.25, 0.3) is 0 Å². The summed E-state index contributed by atoms with van der Waals surface area (Å²) in [6, 6.07) is 0. The molecule has 0 unspecified atom stereocenters. The van der Waals surface area contributed by atoms with Gasteiger partial charge in [-0.3, -0.25) is 0 Å². The predicted molar refractivity (Wildman–Crippen MR) is 104 cm³/mol. The summed E-state index contributed by atoms with van der Waals surface area (Å²) in [7, 11) is 0. The van der Waals surface area contributed by atoms with Crippen molar-refractivity contribution in [2.45, 2.75) is 16.0 Å². The summed E-state index contributed by atoms with van der Waals surface area (Å²) in [5.74, 6) is -2.70. The zero-order chi connectivity index (χ0) is 20.1. The van der Waals surface area contributed by atoms with Gasteiger partial charge >= 0.3 is 195 Å². The third-order valence-electron chi connectivity index (χ3n) is 2.96. The topological polar surface area (TPSA) is 115 Å². The molecule has 0 aromatic heterocycles. The Morgan fingerprint density at radius 1 is 0.724 bits per heavy atom. The molecule has 0 aromatic carbocycles. The number of carboxylic acid groups (broad SMARTS) is 3. The first-order valence-electron chi connectivity index (χ1n) is 7.54. The fraction of sp³-hybridized carbons (Fsp3) is 0.167. The average Bonchev–Trinajstić information content (AvgIpc) is 2.71. The molecule has 0 saturated carbocycles. The van der Waals surface area contributed by atoms with Crippen LogP contribution >= 0.6 is 0 Å². The monoisotopic (exact) mass is 631 g/mol. The van der Waals surface area contributed by atoms with Crippen LogP contribution in [0.25, 0.3) is 0 Å². The minimum atomic E-state index is -1.07. The van der Waals surface area contributed by atoms with Gasteiger partial charge in [-0.1, -0.05) is 0 Å². The normalized spacial score (nSPS) is 15.9. The van der Waals surface area contributed by atoms with Gasteiger partial charge in [-0.05, 0) is 0 Å². The zero-order valence-electron chi connectivity index (χ0n) is 15.4. The van der Waals surface area contributed by atoms with Gasteiger partial charge in [-0.15, -0.1) is 0 Å². The molecule has 0 fully saturated rings. The first-order chi connectivity index (χ1) is 12.9. The number of aliphatic carboxylic acids is 3. The van der Waals surface area contributed by atoms with Crippen LogP contribution in [0.4, 0.5) is 0 Å². The van der Waals surface area contributed by atoms with Crippen molar-refractivity contribution in [3.05, 3.63) is 68.1 Å². The Balaban J connectivity index is 0. The molecule has 6 nitrogen and oxygen atoms in total. The number of carbonyl (C=O) groups is 3. The summed E-state index contributed by atoms with van der Waals surface area (Å²) < 4.78 is 0. The molecule has 0 aromatic rings. The van der Waals surface area contributed by atoms with E-state index in [4.69, 9.17) is 10.2 Å². The molecular weight excluding hydrogens is 611 g/mol. The molecule has 2 N–H and O–H groups in total. The zero-order valence-corrected chi connectivity index (χ0v) is 21.8. The van der Waals surface area contributed by atoms with E-state index in [9.17, 15) is 19.5 Å². The molecule has 3 rings (SSSR count). The maximum Gasteiger partial charge on any atom is 1.00 e. The van der Waals surface area contributed by atoms with Crippen molar-refractivity contribution in [1.82, 2.24) is 0 Å². The van der Waals surface area contributed by atoms with Crippen molar-refractivity contribution in [1.29, 1.82) is 0 Å². The summed E-state index contributed by atoms with van der Waals surface area (Å²) in [6.45, 7) is 0. The summed E-state index contributed by atoms with van der Waals surface area (Å²) in [6.07, 6.45) is 10.2. The van der Waals surface area contributed by atoms with Crippen LogP contribution in [-0.4, -0.2) is 73.0 Å². The Bertz CT molecular complexity index is 657. The second-order valence-corrected chi connectivity index (χ2v) is 10.7. The third-order valence-corrected chi connectivity index (χ3v) is 7.29. The predicted octanol–water partition coefficient (Wildman–Crippen LogP) is -2.39. The van der Waals surface area contributed by atoms with Crippen molar-refractivity contribution in [2.75, 3.05) is 0 Å². The van der Waals surface area contributed by atoms with Crippen molar-refractivity contribution in [2.24, 2.45) is 0 Å². The second kappa shape index (κ2) is 18.3. The van der Waals surface area contributed by atoms with Gasteiger partial charge in [0.1, 0.15) is 0 Å². The van der Waals surface area contributed by atoms with E-state index in [1.807, 2.05) is 14.9 Å². The van der Waals surface area contributed by atoms with E-state index in [1.165, 1.54) is 0 Å². The van der Waals surface area contributed by atoms with Crippen LogP contribution in [0.2, 0.25) is 16.0 Å². The Hall–Kier alpha value is -0.475. The molecule has 0 bridgehead atoms. The fourth-order valence-corrected chi connectivity index (χ4v) is 5.58. The number of hydrogen-bond acceptors (Lipinski definition) is 4. The summed E-state index contributed by atoms with van der Waals surface area (Å²) in [5.41, 5.74) is 1.19. The largest absolute Gasteiger partial charge is 1.00 e.